The molecule has 1 heterocycles. The molecule has 0 unspecified atom stereocenters. The Kier molecular flexibility index (Phi) is 4.04. The van der Waals surface area contributed by atoms with E-state index in [4.69, 9.17) is 9.72 Å². The van der Waals surface area contributed by atoms with Gasteiger partial charge in [-0.25, -0.2) is 4.98 Å². The minimum atomic E-state index is -0.0524. The Bertz CT molecular complexity index is 744. The molecule has 2 saturated carbocycles. The lowest BCUT2D eigenvalue weighted by atomic mass is 9.74. The zero-order valence-electron chi connectivity index (χ0n) is 14.3. The van der Waals surface area contributed by atoms with Crippen LogP contribution in [0.15, 0.2) is 24.3 Å². The fraction of sp³-hybridized carbons (Fsp3) is 0.579. The Morgan fingerprint density at radius 2 is 2.17 bits per heavy atom. The van der Waals surface area contributed by atoms with Gasteiger partial charge in [-0.15, -0.1) is 0 Å². The third-order valence-corrected chi connectivity index (χ3v) is 5.43. The molecule has 128 valence electrons. The monoisotopic (exact) mass is 327 g/mol. The quantitative estimate of drug-likeness (QED) is 0.850. The molecule has 0 aliphatic heterocycles. The molecule has 1 amide bonds. The molecule has 2 aliphatic rings. The van der Waals surface area contributed by atoms with Gasteiger partial charge in [0.05, 0.1) is 11.0 Å². The van der Waals surface area contributed by atoms with Gasteiger partial charge in [-0.1, -0.05) is 12.1 Å². The Balaban J connectivity index is 1.53. The number of amides is 1. The number of ether oxygens (including phenoxy) is 1. The first-order chi connectivity index (χ1) is 11.7. The topological polar surface area (TPSA) is 56.1 Å². The lowest BCUT2D eigenvalue weighted by Gasteiger charge is -2.42. The van der Waals surface area contributed by atoms with Crippen molar-refractivity contribution >= 4 is 16.9 Å². The first kappa shape index (κ1) is 15.6. The molecule has 4 rings (SSSR count). The molecule has 0 atom stereocenters. The van der Waals surface area contributed by atoms with Crippen molar-refractivity contribution in [2.75, 3.05) is 13.7 Å². The van der Waals surface area contributed by atoms with Crippen LogP contribution in [0.5, 0.6) is 0 Å². The molecule has 1 aromatic carbocycles. The molecule has 2 aromatic rings. The van der Waals surface area contributed by atoms with Crippen LogP contribution in [0.3, 0.4) is 0 Å². The number of para-hydroxylation sites is 2. The smallest absolute Gasteiger partial charge is 0.240 e. The molecule has 2 fully saturated rings. The van der Waals surface area contributed by atoms with Crippen LogP contribution in [0.4, 0.5) is 0 Å². The van der Waals surface area contributed by atoms with Gasteiger partial charge in [0, 0.05) is 25.2 Å². The van der Waals surface area contributed by atoms with Crippen molar-refractivity contribution < 1.29 is 9.53 Å². The highest BCUT2D eigenvalue weighted by Crippen LogP contribution is 2.40. The van der Waals surface area contributed by atoms with Crippen molar-refractivity contribution in [2.45, 2.75) is 56.5 Å². The van der Waals surface area contributed by atoms with Gasteiger partial charge in [-0.2, -0.15) is 0 Å². The Hall–Kier alpha value is -1.88. The minimum Gasteiger partial charge on any atom is -0.385 e. The van der Waals surface area contributed by atoms with E-state index in [-0.39, 0.29) is 11.4 Å². The zero-order valence-corrected chi connectivity index (χ0v) is 14.3. The van der Waals surface area contributed by atoms with E-state index < -0.39 is 0 Å². The summed E-state index contributed by atoms with van der Waals surface area (Å²) in [5, 5.41) is 3.29. The second-order valence-corrected chi connectivity index (χ2v) is 7.24. The molecule has 24 heavy (non-hydrogen) atoms. The number of nitrogens with one attached hydrogen (secondary N) is 1. The highest BCUT2D eigenvalue weighted by molar-refractivity contribution is 5.81. The van der Waals surface area contributed by atoms with E-state index in [0.29, 0.717) is 19.1 Å². The number of hydrogen-bond acceptors (Lipinski definition) is 3. The first-order valence-electron chi connectivity index (χ1n) is 8.96. The van der Waals surface area contributed by atoms with Gasteiger partial charge in [0.1, 0.15) is 12.4 Å². The standard InChI is InChI=1S/C19H25N3O2/c1-24-12-11-19(9-4-10-19)21-17(23)13-22-16-6-3-2-5-15(16)20-18(22)14-7-8-14/h2-3,5-6,14H,4,7-13H2,1H3,(H,21,23). The van der Waals surface area contributed by atoms with Crippen molar-refractivity contribution in [3.63, 3.8) is 0 Å². The fourth-order valence-electron chi connectivity index (χ4n) is 3.73. The lowest BCUT2D eigenvalue weighted by molar-refractivity contribution is -0.125. The summed E-state index contributed by atoms with van der Waals surface area (Å²) in [5.41, 5.74) is 2.00. The maximum absolute atomic E-state index is 12.7. The molecule has 1 N–H and O–H groups in total. The SMILES string of the molecule is COCCC1(NC(=O)Cn2c(C3CC3)nc3ccccc32)CCC1. The van der Waals surface area contributed by atoms with E-state index >= 15 is 0 Å². The number of methoxy groups -OCH3 is 1. The van der Waals surface area contributed by atoms with Crippen molar-refractivity contribution in [3.8, 4) is 0 Å². The van der Waals surface area contributed by atoms with Crippen molar-refractivity contribution in [3.05, 3.63) is 30.1 Å². The molecule has 2 aliphatic carbocycles. The summed E-state index contributed by atoms with van der Waals surface area (Å²) in [6.07, 6.45) is 6.57. The predicted molar refractivity (Wildman–Crippen MR) is 92.9 cm³/mol. The first-order valence-corrected chi connectivity index (χ1v) is 8.96. The average Bonchev–Trinajstić information content (AvgIpc) is 3.33. The molecule has 1 aromatic heterocycles. The van der Waals surface area contributed by atoms with Crippen LogP contribution < -0.4 is 5.32 Å². The summed E-state index contributed by atoms with van der Waals surface area (Å²) >= 11 is 0. The van der Waals surface area contributed by atoms with E-state index in [2.05, 4.69) is 16.0 Å². The number of rotatable bonds is 7. The van der Waals surface area contributed by atoms with E-state index in [1.54, 1.807) is 7.11 Å². The Labute approximate surface area is 142 Å². The second-order valence-electron chi connectivity index (χ2n) is 7.24. The second kappa shape index (κ2) is 6.20. The normalized spacial score (nSPS) is 19.2. The van der Waals surface area contributed by atoms with E-state index in [9.17, 15) is 4.79 Å². The van der Waals surface area contributed by atoms with Gasteiger partial charge < -0.3 is 14.6 Å². The molecule has 0 saturated heterocycles. The van der Waals surface area contributed by atoms with Crippen molar-refractivity contribution in [1.29, 1.82) is 0 Å². The molecule has 0 radical (unpaired) electrons. The number of nitrogens with zero attached hydrogens (tertiary/aromatic N) is 2. The van der Waals surface area contributed by atoms with Gasteiger partial charge in [0.25, 0.3) is 0 Å². The van der Waals surface area contributed by atoms with Gasteiger partial charge in [-0.3, -0.25) is 4.79 Å². The van der Waals surface area contributed by atoms with Gasteiger partial charge in [0.2, 0.25) is 5.91 Å². The lowest BCUT2D eigenvalue weighted by Crippen LogP contribution is -2.54. The van der Waals surface area contributed by atoms with E-state index in [1.807, 2.05) is 18.2 Å². The van der Waals surface area contributed by atoms with Crippen LogP contribution in [0.1, 0.15) is 50.3 Å². The molecule has 0 spiro atoms. The zero-order chi connectivity index (χ0) is 16.6. The van der Waals surface area contributed by atoms with Crippen LogP contribution in [-0.2, 0) is 16.1 Å². The third kappa shape index (κ3) is 2.93. The van der Waals surface area contributed by atoms with Crippen LogP contribution in [0.2, 0.25) is 0 Å². The van der Waals surface area contributed by atoms with Gasteiger partial charge in [-0.05, 0) is 50.7 Å². The number of imidazole rings is 1. The summed E-state index contributed by atoms with van der Waals surface area (Å²) in [4.78, 5) is 17.5. The molecular formula is C19H25N3O2. The third-order valence-electron chi connectivity index (χ3n) is 5.43. The fourth-order valence-corrected chi connectivity index (χ4v) is 3.73. The number of benzene rings is 1. The number of aromatic nitrogens is 2. The summed E-state index contributed by atoms with van der Waals surface area (Å²) in [7, 11) is 1.72. The van der Waals surface area contributed by atoms with E-state index in [0.717, 1.165) is 36.1 Å². The van der Waals surface area contributed by atoms with Crippen LogP contribution >= 0.6 is 0 Å². The highest BCUT2D eigenvalue weighted by Gasteiger charge is 2.38. The van der Waals surface area contributed by atoms with Crippen LogP contribution in [-0.4, -0.2) is 34.7 Å². The summed E-state index contributed by atoms with van der Waals surface area (Å²) in [5.74, 6) is 1.69. The number of carbonyl (C=O) groups is 1. The minimum absolute atomic E-state index is 0.0524. The van der Waals surface area contributed by atoms with Crippen LogP contribution in [0, 0.1) is 0 Å². The number of hydrogen-bond donors (Lipinski definition) is 1. The molecule has 5 heteroatoms. The Morgan fingerprint density at radius 1 is 1.38 bits per heavy atom. The van der Waals surface area contributed by atoms with E-state index in [1.165, 1.54) is 19.3 Å². The van der Waals surface area contributed by atoms with Gasteiger partial charge in [0.15, 0.2) is 0 Å². The molecular weight excluding hydrogens is 302 g/mol. The Morgan fingerprint density at radius 3 is 2.83 bits per heavy atom. The molecule has 5 nitrogen and oxygen atoms in total. The summed E-state index contributed by atoms with van der Waals surface area (Å²) in [6.45, 7) is 1.06. The summed E-state index contributed by atoms with van der Waals surface area (Å²) in [6, 6.07) is 8.11. The van der Waals surface area contributed by atoms with Crippen molar-refractivity contribution in [1.82, 2.24) is 14.9 Å². The predicted octanol–water partition coefficient (Wildman–Crippen LogP) is 2.99. The largest absolute Gasteiger partial charge is 0.385 e. The summed E-state index contributed by atoms with van der Waals surface area (Å²) < 4.78 is 7.33. The highest BCUT2D eigenvalue weighted by atomic mass is 16.5. The number of fused-ring (bicyclic) bond motifs is 1. The number of carbonyl (C=O) groups excluding carboxylic acids is 1. The maximum atomic E-state index is 12.7. The maximum Gasteiger partial charge on any atom is 0.240 e. The van der Waals surface area contributed by atoms with Crippen molar-refractivity contribution in [2.24, 2.45) is 0 Å². The van der Waals surface area contributed by atoms with Gasteiger partial charge >= 0.3 is 0 Å². The molecule has 0 bridgehead atoms. The van der Waals surface area contributed by atoms with Crippen LogP contribution in [0.25, 0.3) is 11.0 Å². The average molecular weight is 327 g/mol.